The topological polar surface area (TPSA) is 29.3 Å². The summed E-state index contributed by atoms with van der Waals surface area (Å²) in [6.45, 7) is 0. The maximum absolute atomic E-state index is 6.15. The Morgan fingerprint density at radius 2 is 2.07 bits per heavy atom. The Morgan fingerprint density at radius 1 is 1.36 bits per heavy atom. The number of anilines is 1. The summed E-state index contributed by atoms with van der Waals surface area (Å²) in [5.41, 5.74) is 8.66. The lowest BCUT2D eigenvalue weighted by molar-refractivity contribution is 0.633. The van der Waals surface area contributed by atoms with Gasteiger partial charge in [0.15, 0.2) is 0 Å². The summed E-state index contributed by atoms with van der Waals surface area (Å²) in [6, 6.07) is 8.78. The van der Waals surface area contributed by atoms with Crippen molar-refractivity contribution < 1.29 is 0 Å². The van der Waals surface area contributed by atoms with E-state index in [9.17, 15) is 0 Å². The molecule has 2 nitrogen and oxygen atoms in total. The van der Waals surface area contributed by atoms with Gasteiger partial charge >= 0.3 is 0 Å². The van der Waals surface area contributed by atoms with Crippen molar-refractivity contribution in [3.8, 4) is 0 Å². The van der Waals surface area contributed by atoms with Crippen LogP contribution in [0.15, 0.2) is 24.3 Å². The molecule has 0 aromatic heterocycles. The second-order valence-corrected chi connectivity index (χ2v) is 4.35. The van der Waals surface area contributed by atoms with Crippen molar-refractivity contribution in [3.05, 3.63) is 29.8 Å². The maximum Gasteiger partial charge on any atom is 0.0364 e. The Labute approximate surface area is 85.7 Å². The predicted octanol–water partition coefficient (Wildman–Crippen LogP) is 2.16. The standard InChI is InChI=1S/C12H18N2/c1-14(2)11-5-3-4-10(8-11)12(13)9-6-7-9/h3-5,8-9,12H,6-7,13H2,1-2H3. The van der Waals surface area contributed by atoms with Crippen LogP contribution in [0.3, 0.4) is 0 Å². The van der Waals surface area contributed by atoms with E-state index < -0.39 is 0 Å². The molecule has 2 rings (SSSR count). The Kier molecular flexibility index (Phi) is 2.46. The summed E-state index contributed by atoms with van der Waals surface area (Å²) in [4.78, 5) is 2.11. The highest BCUT2D eigenvalue weighted by molar-refractivity contribution is 5.48. The molecule has 0 saturated heterocycles. The third kappa shape index (κ3) is 1.90. The molecule has 0 aliphatic heterocycles. The van der Waals surface area contributed by atoms with Crippen LogP contribution in [0.25, 0.3) is 0 Å². The molecule has 1 aromatic rings. The minimum absolute atomic E-state index is 0.245. The van der Waals surface area contributed by atoms with Crippen LogP contribution in [0, 0.1) is 5.92 Å². The van der Waals surface area contributed by atoms with E-state index >= 15 is 0 Å². The molecule has 2 N–H and O–H groups in total. The predicted molar refractivity (Wildman–Crippen MR) is 60.4 cm³/mol. The van der Waals surface area contributed by atoms with Crippen molar-refractivity contribution in [1.29, 1.82) is 0 Å². The first-order valence-corrected chi connectivity index (χ1v) is 5.21. The van der Waals surface area contributed by atoms with Crippen molar-refractivity contribution in [1.82, 2.24) is 0 Å². The van der Waals surface area contributed by atoms with Crippen molar-refractivity contribution >= 4 is 5.69 Å². The third-order valence-corrected chi connectivity index (χ3v) is 2.90. The SMILES string of the molecule is CN(C)c1cccc(C(N)C2CC2)c1. The summed E-state index contributed by atoms with van der Waals surface area (Å²) in [6.07, 6.45) is 2.60. The van der Waals surface area contributed by atoms with E-state index in [0.29, 0.717) is 0 Å². The smallest absolute Gasteiger partial charge is 0.0364 e. The van der Waals surface area contributed by atoms with Crippen LogP contribution in [-0.2, 0) is 0 Å². The maximum atomic E-state index is 6.15. The van der Waals surface area contributed by atoms with Gasteiger partial charge in [-0.1, -0.05) is 12.1 Å². The molecule has 1 aliphatic rings. The highest BCUT2D eigenvalue weighted by Crippen LogP contribution is 2.39. The van der Waals surface area contributed by atoms with E-state index in [4.69, 9.17) is 5.73 Å². The van der Waals surface area contributed by atoms with Gasteiger partial charge in [-0.25, -0.2) is 0 Å². The van der Waals surface area contributed by atoms with E-state index in [-0.39, 0.29) is 6.04 Å². The van der Waals surface area contributed by atoms with Gasteiger partial charge < -0.3 is 10.6 Å². The first-order chi connectivity index (χ1) is 6.68. The fourth-order valence-corrected chi connectivity index (χ4v) is 1.74. The van der Waals surface area contributed by atoms with Crippen molar-refractivity contribution in [3.63, 3.8) is 0 Å². The molecule has 1 unspecified atom stereocenters. The van der Waals surface area contributed by atoms with Gasteiger partial charge in [0.1, 0.15) is 0 Å². The molecule has 76 valence electrons. The normalized spacial score (nSPS) is 17.9. The van der Waals surface area contributed by atoms with Gasteiger partial charge in [-0.3, -0.25) is 0 Å². The minimum Gasteiger partial charge on any atom is -0.378 e. The zero-order valence-corrected chi connectivity index (χ0v) is 8.90. The molecular weight excluding hydrogens is 172 g/mol. The summed E-state index contributed by atoms with van der Waals surface area (Å²) in [5, 5.41) is 0. The van der Waals surface area contributed by atoms with Gasteiger partial charge in [0.2, 0.25) is 0 Å². The minimum atomic E-state index is 0.245. The summed E-state index contributed by atoms with van der Waals surface area (Å²) in [5.74, 6) is 0.729. The molecule has 14 heavy (non-hydrogen) atoms. The highest BCUT2D eigenvalue weighted by Gasteiger charge is 2.29. The van der Waals surface area contributed by atoms with Crippen LogP contribution in [0.1, 0.15) is 24.4 Å². The Morgan fingerprint density at radius 3 is 2.64 bits per heavy atom. The lowest BCUT2D eigenvalue weighted by Crippen LogP contribution is -2.14. The molecule has 0 heterocycles. The molecule has 0 radical (unpaired) electrons. The third-order valence-electron chi connectivity index (χ3n) is 2.90. The van der Waals surface area contributed by atoms with Crippen LogP contribution in [0.2, 0.25) is 0 Å². The molecule has 0 bridgehead atoms. The number of nitrogens with zero attached hydrogens (tertiary/aromatic N) is 1. The van der Waals surface area contributed by atoms with Crippen molar-refractivity contribution in [2.45, 2.75) is 18.9 Å². The lowest BCUT2D eigenvalue weighted by Gasteiger charge is -2.16. The molecule has 1 saturated carbocycles. The molecular formula is C12H18N2. The number of hydrogen-bond donors (Lipinski definition) is 1. The molecule has 1 fully saturated rings. The van der Waals surface area contributed by atoms with Crippen molar-refractivity contribution in [2.75, 3.05) is 19.0 Å². The van der Waals surface area contributed by atoms with Crippen LogP contribution in [0.5, 0.6) is 0 Å². The zero-order valence-electron chi connectivity index (χ0n) is 8.90. The van der Waals surface area contributed by atoms with Crippen LogP contribution in [-0.4, -0.2) is 14.1 Å². The Hall–Kier alpha value is -1.02. The highest BCUT2D eigenvalue weighted by atomic mass is 15.1. The molecule has 0 amide bonds. The van der Waals surface area contributed by atoms with Crippen LogP contribution in [0.4, 0.5) is 5.69 Å². The Bertz CT molecular complexity index is 316. The molecule has 1 aromatic carbocycles. The molecule has 0 spiro atoms. The van der Waals surface area contributed by atoms with Crippen LogP contribution < -0.4 is 10.6 Å². The van der Waals surface area contributed by atoms with Gasteiger partial charge in [-0.05, 0) is 36.5 Å². The number of rotatable bonds is 3. The second kappa shape index (κ2) is 3.62. The average Bonchev–Trinajstić information content (AvgIpc) is 3.00. The van der Waals surface area contributed by atoms with E-state index in [0.717, 1.165) is 5.92 Å². The first kappa shape index (κ1) is 9.53. The number of nitrogens with two attached hydrogens (primary N) is 1. The molecule has 1 aliphatic carbocycles. The van der Waals surface area contributed by atoms with Gasteiger partial charge in [0.25, 0.3) is 0 Å². The second-order valence-electron chi connectivity index (χ2n) is 4.35. The van der Waals surface area contributed by atoms with Gasteiger partial charge in [-0.2, -0.15) is 0 Å². The molecule has 1 atom stereocenters. The Balaban J connectivity index is 2.20. The van der Waals surface area contributed by atoms with E-state index in [1.807, 2.05) is 0 Å². The van der Waals surface area contributed by atoms with E-state index in [2.05, 4.69) is 43.3 Å². The van der Waals surface area contributed by atoms with Crippen molar-refractivity contribution in [2.24, 2.45) is 11.7 Å². The van der Waals surface area contributed by atoms with E-state index in [1.54, 1.807) is 0 Å². The quantitative estimate of drug-likeness (QED) is 0.791. The van der Waals surface area contributed by atoms with Gasteiger partial charge in [0.05, 0.1) is 0 Å². The monoisotopic (exact) mass is 190 g/mol. The summed E-state index contributed by atoms with van der Waals surface area (Å²) >= 11 is 0. The fourth-order valence-electron chi connectivity index (χ4n) is 1.74. The number of benzene rings is 1. The van der Waals surface area contributed by atoms with Crippen LogP contribution >= 0.6 is 0 Å². The number of hydrogen-bond acceptors (Lipinski definition) is 2. The zero-order chi connectivity index (χ0) is 10.1. The largest absolute Gasteiger partial charge is 0.378 e. The first-order valence-electron chi connectivity index (χ1n) is 5.21. The summed E-state index contributed by atoms with van der Waals surface area (Å²) in [7, 11) is 4.11. The van der Waals surface area contributed by atoms with E-state index in [1.165, 1.54) is 24.1 Å². The fraction of sp³-hybridized carbons (Fsp3) is 0.500. The molecule has 2 heteroatoms. The van der Waals surface area contributed by atoms with Gasteiger partial charge in [0, 0.05) is 25.8 Å². The lowest BCUT2D eigenvalue weighted by atomic mass is 10.0. The summed E-state index contributed by atoms with van der Waals surface area (Å²) < 4.78 is 0. The average molecular weight is 190 g/mol. The van der Waals surface area contributed by atoms with Gasteiger partial charge in [-0.15, -0.1) is 0 Å².